The Bertz CT molecular complexity index is 643. The van der Waals surface area contributed by atoms with E-state index >= 15 is 0 Å². The smallest absolute Gasteiger partial charge is 0.205 e. The standard InChI is InChI=1S/C25H36O2/c1-3-17(2)20-6-8-22(9-7-20)26-24(25-12-10-18(16-25)11-13-25)27-23-15-19-4-5-21(23)14-19/h6-9,17-19,21,23-24H,3-5,10-16H2,1-2H3. The molecule has 0 aromatic heterocycles. The van der Waals surface area contributed by atoms with Crippen LogP contribution >= 0.6 is 0 Å². The highest BCUT2D eigenvalue weighted by Gasteiger charge is 2.53. The summed E-state index contributed by atoms with van der Waals surface area (Å²) in [6.45, 7) is 4.55. The van der Waals surface area contributed by atoms with Gasteiger partial charge in [-0.25, -0.2) is 0 Å². The molecule has 4 saturated carbocycles. The van der Waals surface area contributed by atoms with Crippen LogP contribution in [0.25, 0.3) is 0 Å². The molecule has 5 unspecified atom stereocenters. The minimum absolute atomic E-state index is 0.0381. The third-order valence-corrected chi connectivity index (χ3v) is 8.57. The Morgan fingerprint density at radius 3 is 2.33 bits per heavy atom. The molecule has 27 heavy (non-hydrogen) atoms. The van der Waals surface area contributed by atoms with Crippen LogP contribution in [-0.4, -0.2) is 12.4 Å². The van der Waals surface area contributed by atoms with Crippen LogP contribution in [0.3, 0.4) is 0 Å². The van der Waals surface area contributed by atoms with Gasteiger partial charge < -0.3 is 9.47 Å². The first-order valence-corrected chi connectivity index (χ1v) is 11.6. The van der Waals surface area contributed by atoms with Gasteiger partial charge in [0.25, 0.3) is 0 Å². The van der Waals surface area contributed by atoms with E-state index in [0.29, 0.717) is 12.0 Å². The molecule has 0 spiro atoms. The van der Waals surface area contributed by atoms with Crippen molar-refractivity contribution in [3.63, 3.8) is 0 Å². The number of ether oxygens (including phenoxy) is 2. The SMILES string of the molecule is CCC(C)c1ccc(OC(OC2CC3CCC2C3)C23CCC(CC2)C3)cc1. The van der Waals surface area contributed by atoms with Gasteiger partial charge in [-0.05, 0) is 106 Å². The maximum atomic E-state index is 6.83. The highest BCUT2D eigenvalue weighted by Crippen LogP contribution is 2.58. The summed E-state index contributed by atoms with van der Waals surface area (Å²) < 4.78 is 13.5. The number of fused-ring (bicyclic) bond motifs is 4. The summed E-state index contributed by atoms with van der Waals surface area (Å²) in [7, 11) is 0. The van der Waals surface area contributed by atoms with Crippen molar-refractivity contribution in [1.82, 2.24) is 0 Å². The number of benzene rings is 1. The summed E-state index contributed by atoms with van der Waals surface area (Å²) in [5.41, 5.74) is 1.69. The second-order valence-corrected chi connectivity index (χ2v) is 10.2. The van der Waals surface area contributed by atoms with Gasteiger partial charge in [0, 0.05) is 5.41 Å². The molecule has 1 aromatic carbocycles. The minimum atomic E-state index is -0.0381. The molecule has 0 radical (unpaired) electrons. The molecule has 1 aromatic rings. The maximum Gasteiger partial charge on any atom is 0.205 e. The summed E-state index contributed by atoms with van der Waals surface area (Å²) in [6.07, 6.45) is 13.8. The lowest BCUT2D eigenvalue weighted by molar-refractivity contribution is -0.193. The van der Waals surface area contributed by atoms with Gasteiger partial charge in [-0.3, -0.25) is 0 Å². The van der Waals surface area contributed by atoms with E-state index in [2.05, 4.69) is 38.1 Å². The molecule has 0 saturated heterocycles. The Labute approximate surface area is 165 Å². The normalized spacial score (nSPS) is 39.0. The second kappa shape index (κ2) is 7.10. The van der Waals surface area contributed by atoms with Crippen LogP contribution in [0.2, 0.25) is 0 Å². The Kier molecular flexibility index (Phi) is 4.74. The molecule has 4 fully saturated rings. The summed E-state index contributed by atoms with van der Waals surface area (Å²) in [6, 6.07) is 8.86. The molecule has 0 N–H and O–H groups in total. The van der Waals surface area contributed by atoms with E-state index in [1.165, 1.54) is 69.8 Å². The van der Waals surface area contributed by atoms with Crippen LogP contribution in [0.4, 0.5) is 0 Å². The van der Waals surface area contributed by atoms with Gasteiger partial charge in [-0.2, -0.15) is 0 Å². The lowest BCUT2D eigenvalue weighted by Gasteiger charge is -2.38. The van der Waals surface area contributed by atoms with Gasteiger partial charge >= 0.3 is 0 Å². The van der Waals surface area contributed by atoms with Crippen molar-refractivity contribution in [2.45, 2.75) is 96.4 Å². The summed E-state index contributed by atoms with van der Waals surface area (Å²) in [5.74, 6) is 4.26. The van der Waals surface area contributed by atoms with Crippen molar-refractivity contribution < 1.29 is 9.47 Å². The van der Waals surface area contributed by atoms with Crippen molar-refractivity contribution in [1.29, 1.82) is 0 Å². The Morgan fingerprint density at radius 2 is 1.78 bits per heavy atom. The predicted molar refractivity (Wildman–Crippen MR) is 109 cm³/mol. The van der Waals surface area contributed by atoms with Crippen molar-refractivity contribution in [3.05, 3.63) is 29.8 Å². The minimum Gasteiger partial charge on any atom is -0.464 e. The van der Waals surface area contributed by atoms with E-state index in [4.69, 9.17) is 9.47 Å². The van der Waals surface area contributed by atoms with Crippen LogP contribution in [-0.2, 0) is 4.74 Å². The first-order chi connectivity index (χ1) is 13.1. The zero-order valence-corrected chi connectivity index (χ0v) is 17.2. The number of hydrogen-bond donors (Lipinski definition) is 0. The van der Waals surface area contributed by atoms with Crippen LogP contribution in [0.15, 0.2) is 24.3 Å². The zero-order valence-electron chi connectivity index (χ0n) is 17.2. The molecule has 5 rings (SSSR count). The Balaban J connectivity index is 1.34. The van der Waals surface area contributed by atoms with Crippen molar-refractivity contribution in [3.8, 4) is 5.75 Å². The van der Waals surface area contributed by atoms with Crippen LogP contribution in [0, 0.1) is 23.2 Å². The molecule has 4 aliphatic rings. The van der Waals surface area contributed by atoms with Crippen LogP contribution in [0.5, 0.6) is 5.75 Å². The van der Waals surface area contributed by atoms with Gasteiger partial charge in [-0.15, -0.1) is 0 Å². The quantitative estimate of drug-likeness (QED) is 0.499. The molecular weight excluding hydrogens is 332 g/mol. The molecule has 0 aliphatic heterocycles. The Hall–Kier alpha value is -1.02. The van der Waals surface area contributed by atoms with E-state index in [9.17, 15) is 0 Å². The molecule has 0 amide bonds. The molecule has 0 heterocycles. The topological polar surface area (TPSA) is 18.5 Å². The van der Waals surface area contributed by atoms with Gasteiger partial charge in [0.2, 0.25) is 6.29 Å². The average Bonchev–Trinajstić information content (AvgIpc) is 3.48. The van der Waals surface area contributed by atoms with Gasteiger partial charge in [-0.1, -0.05) is 26.0 Å². The molecule has 4 aliphatic carbocycles. The van der Waals surface area contributed by atoms with Crippen molar-refractivity contribution in [2.75, 3.05) is 0 Å². The van der Waals surface area contributed by atoms with E-state index in [-0.39, 0.29) is 11.7 Å². The fraction of sp³-hybridized carbons (Fsp3) is 0.760. The van der Waals surface area contributed by atoms with Crippen molar-refractivity contribution >= 4 is 0 Å². The fourth-order valence-electron chi connectivity index (χ4n) is 6.61. The second-order valence-electron chi connectivity index (χ2n) is 10.2. The number of rotatable bonds is 7. The third-order valence-electron chi connectivity index (χ3n) is 8.57. The summed E-state index contributed by atoms with van der Waals surface area (Å²) in [4.78, 5) is 0. The lowest BCUT2D eigenvalue weighted by Crippen LogP contribution is -2.42. The lowest BCUT2D eigenvalue weighted by atomic mass is 9.83. The van der Waals surface area contributed by atoms with Gasteiger partial charge in [0.1, 0.15) is 5.75 Å². The van der Waals surface area contributed by atoms with E-state index in [1.54, 1.807) is 0 Å². The van der Waals surface area contributed by atoms with E-state index in [1.807, 2.05) is 0 Å². The molecule has 5 atom stereocenters. The maximum absolute atomic E-state index is 6.83. The number of hydrogen-bond acceptors (Lipinski definition) is 2. The van der Waals surface area contributed by atoms with E-state index in [0.717, 1.165) is 23.5 Å². The molecular formula is C25H36O2. The van der Waals surface area contributed by atoms with Crippen molar-refractivity contribution in [2.24, 2.45) is 23.2 Å². The molecule has 148 valence electrons. The largest absolute Gasteiger partial charge is 0.464 e. The van der Waals surface area contributed by atoms with Crippen LogP contribution in [0.1, 0.15) is 89.5 Å². The third kappa shape index (κ3) is 3.33. The highest BCUT2D eigenvalue weighted by molar-refractivity contribution is 5.29. The summed E-state index contributed by atoms with van der Waals surface area (Å²) in [5, 5.41) is 0. The average molecular weight is 369 g/mol. The van der Waals surface area contributed by atoms with E-state index < -0.39 is 0 Å². The fourth-order valence-corrected chi connectivity index (χ4v) is 6.61. The van der Waals surface area contributed by atoms with Gasteiger partial charge in [0.05, 0.1) is 6.10 Å². The van der Waals surface area contributed by atoms with Gasteiger partial charge in [0.15, 0.2) is 0 Å². The molecule has 4 bridgehead atoms. The molecule has 2 heteroatoms. The monoisotopic (exact) mass is 368 g/mol. The highest BCUT2D eigenvalue weighted by atomic mass is 16.7. The van der Waals surface area contributed by atoms with Crippen LogP contribution < -0.4 is 4.74 Å². The first kappa shape index (κ1) is 18.0. The molecule has 2 nitrogen and oxygen atoms in total. The predicted octanol–water partition coefficient (Wildman–Crippen LogP) is 6.69. The Morgan fingerprint density at radius 1 is 1.00 bits per heavy atom. The zero-order chi connectivity index (χ0) is 18.4. The summed E-state index contributed by atoms with van der Waals surface area (Å²) >= 11 is 0. The first-order valence-electron chi connectivity index (χ1n) is 11.6.